The fraction of sp³-hybridized carbons (Fsp3) is 0.889. The zero-order valence-corrected chi connectivity index (χ0v) is 8.19. The largest absolute Gasteiger partial charge is 0.384 e. The van der Waals surface area contributed by atoms with Gasteiger partial charge in [-0.15, -0.1) is 0 Å². The molecule has 76 valence electrons. The Hall–Kier alpha value is -0.610. The number of hydrogen-bond donors (Lipinski definition) is 1. The zero-order chi connectivity index (χ0) is 9.84. The van der Waals surface area contributed by atoms with E-state index in [0.717, 1.165) is 19.4 Å². The summed E-state index contributed by atoms with van der Waals surface area (Å²) >= 11 is 0. The SMILES string of the molecule is COC[C@@H]1CCCN1C(=O)[C@@H](C)O. The number of likely N-dealkylation sites (tertiary alicyclic amines) is 1. The first kappa shape index (κ1) is 10.5. The van der Waals surface area contributed by atoms with Gasteiger partial charge in [0.2, 0.25) is 0 Å². The van der Waals surface area contributed by atoms with Crippen LogP contribution in [0.4, 0.5) is 0 Å². The van der Waals surface area contributed by atoms with Gasteiger partial charge in [0, 0.05) is 13.7 Å². The van der Waals surface area contributed by atoms with Gasteiger partial charge in [-0.25, -0.2) is 0 Å². The summed E-state index contributed by atoms with van der Waals surface area (Å²) in [5.41, 5.74) is 0. The van der Waals surface area contributed by atoms with Crippen LogP contribution in [0.3, 0.4) is 0 Å². The molecular formula is C9H17NO3. The maximum atomic E-state index is 11.5. The van der Waals surface area contributed by atoms with Crippen molar-refractivity contribution < 1.29 is 14.6 Å². The number of carbonyl (C=O) groups excluding carboxylic acids is 1. The van der Waals surface area contributed by atoms with E-state index in [2.05, 4.69) is 0 Å². The van der Waals surface area contributed by atoms with Crippen LogP contribution in [0.1, 0.15) is 19.8 Å². The average Bonchev–Trinajstić information content (AvgIpc) is 2.52. The fourth-order valence-electron chi connectivity index (χ4n) is 1.73. The van der Waals surface area contributed by atoms with Gasteiger partial charge in [0.25, 0.3) is 5.91 Å². The monoisotopic (exact) mass is 187 g/mol. The third kappa shape index (κ3) is 2.42. The number of rotatable bonds is 3. The van der Waals surface area contributed by atoms with Crippen molar-refractivity contribution in [3.05, 3.63) is 0 Å². The van der Waals surface area contributed by atoms with E-state index in [0.29, 0.717) is 6.61 Å². The van der Waals surface area contributed by atoms with Crippen LogP contribution in [0.15, 0.2) is 0 Å². The molecule has 1 amide bonds. The topological polar surface area (TPSA) is 49.8 Å². The number of aliphatic hydroxyl groups is 1. The molecule has 1 heterocycles. The molecule has 0 aromatic heterocycles. The van der Waals surface area contributed by atoms with Crippen LogP contribution in [-0.2, 0) is 9.53 Å². The molecule has 1 aliphatic heterocycles. The Bertz CT molecular complexity index is 182. The van der Waals surface area contributed by atoms with E-state index >= 15 is 0 Å². The average molecular weight is 187 g/mol. The Morgan fingerprint density at radius 2 is 2.46 bits per heavy atom. The lowest BCUT2D eigenvalue weighted by molar-refractivity contribution is -0.141. The number of aliphatic hydroxyl groups excluding tert-OH is 1. The molecule has 0 spiro atoms. The highest BCUT2D eigenvalue weighted by Crippen LogP contribution is 2.18. The molecule has 1 rings (SSSR count). The van der Waals surface area contributed by atoms with Crippen LogP contribution in [0.25, 0.3) is 0 Å². The Labute approximate surface area is 78.5 Å². The van der Waals surface area contributed by atoms with Crippen LogP contribution in [0.5, 0.6) is 0 Å². The Morgan fingerprint density at radius 1 is 1.77 bits per heavy atom. The summed E-state index contributed by atoms with van der Waals surface area (Å²) in [7, 11) is 1.63. The number of carbonyl (C=O) groups is 1. The highest BCUT2D eigenvalue weighted by Gasteiger charge is 2.30. The molecule has 0 aromatic rings. The lowest BCUT2D eigenvalue weighted by Gasteiger charge is -2.25. The Kier molecular flexibility index (Phi) is 3.69. The molecule has 4 heteroatoms. The molecular weight excluding hydrogens is 170 g/mol. The lowest BCUT2D eigenvalue weighted by Crippen LogP contribution is -2.42. The van der Waals surface area contributed by atoms with Crippen LogP contribution in [-0.4, -0.2) is 48.3 Å². The zero-order valence-electron chi connectivity index (χ0n) is 8.19. The molecule has 2 atom stereocenters. The van der Waals surface area contributed by atoms with E-state index in [1.165, 1.54) is 6.92 Å². The summed E-state index contributed by atoms with van der Waals surface area (Å²) in [5, 5.41) is 9.14. The molecule has 0 saturated carbocycles. The molecule has 0 aromatic carbocycles. The first-order valence-electron chi connectivity index (χ1n) is 4.64. The van der Waals surface area contributed by atoms with Crippen LogP contribution in [0, 0.1) is 0 Å². The quantitative estimate of drug-likeness (QED) is 0.677. The predicted molar refractivity (Wildman–Crippen MR) is 48.3 cm³/mol. The molecule has 1 fully saturated rings. The second-order valence-electron chi connectivity index (χ2n) is 3.46. The van der Waals surface area contributed by atoms with Crippen LogP contribution < -0.4 is 0 Å². The van der Waals surface area contributed by atoms with Gasteiger partial charge in [-0.05, 0) is 19.8 Å². The number of hydrogen-bond acceptors (Lipinski definition) is 3. The van der Waals surface area contributed by atoms with Crippen LogP contribution in [0.2, 0.25) is 0 Å². The van der Waals surface area contributed by atoms with Crippen molar-refractivity contribution in [3.8, 4) is 0 Å². The van der Waals surface area contributed by atoms with Crippen molar-refractivity contribution in [3.63, 3.8) is 0 Å². The van der Waals surface area contributed by atoms with Crippen molar-refractivity contribution in [2.45, 2.75) is 31.9 Å². The summed E-state index contributed by atoms with van der Waals surface area (Å²) < 4.78 is 5.01. The smallest absolute Gasteiger partial charge is 0.251 e. The summed E-state index contributed by atoms with van der Waals surface area (Å²) in [6.45, 7) is 2.82. The van der Waals surface area contributed by atoms with E-state index in [-0.39, 0.29) is 11.9 Å². The van der Waals surface area contributed by atoms with Crippen molar-refractivity contribution in [2.75, 3.05) is 20.3 Å². The minimum absolute atomic E-state index is 0.159. The molecule has 0 radical (unpaired) electrons. The van der Waals surface area contributed by atoms with E-state index in [4.69, 9.17) is 9.84 Å². The molecule has 1 aliphatic rings. The Balaban J connectivity index is 2.52. The predicted octanol–water partition coefficient (Wildman–Crippen LogP) is 0.00460. The molecule has 1 saturated heterocycles. The van der Waals surface area contributed by atoms with Crippen molar-refractivity contribution in [1.82, 2.24) is 4.90 Å². The van der Waals surface area contributed by atoms with E-state index in [1.807, 2.05) is 0 Å². The van der Waals surface area contributed by atoms with Gasteiger partial charge in [-0.1, -0.05) is 0 Å². The van der Waals surface area contributed by atoms with E-state index < -0.39 is 6.10 Å². The van der Waals surface area contributed by atoms with Crippen molar-refractivity contribution >= 4 is 5.91 Å². The maximum Gasteiger partial charge on any atom is 0.251 e. The Morgan fingerprint density at radius 3 is 3.00 bits per heavy atom. The number of methoxy groups -OCH3 is 1. The van der Waals surface area contributed by atoms with Gasteiger partial charge in [-0.3, -0.25) is 4.79 Å². The maximum absolute atomic E-state index is 11.5. The summed E-state index contributed by atoms with van der Waals surface area (Å²) in [5.74, 6) is -0.181. The van der Waals surface area contributed by atoms with Gasteiger partial charge < -0.3 is 14.7 Å². The van der Waals surface area contributed by atoms with Crippen LogP contribution >= 0.6 is 0 Å². The summed E-state index contributed by atoms with van der Waals surface area (Å²) in [6.07, 6.45) is 1.09. The molecule has 0 aliphatic carbocycles. The minimum Gasteiger partial charge on any atom is -0.384 e. The third-order valence-corrected chi connectivity index (χ3v) is 2.38. The minimum atomic E-state index is -0.891. The van der Waals surface area contributed by atoms with Gasteiger partial charge in [0.1, 0.15) is 6.10 Å². The van der Waals surface area contributed by atoms with Gasteiger partial charge in [0.15, 0.2) is 0 Å². The van der Waals surface area contributed by atoms with Gasteiger partial charge in [0.05, 0.1) is 12.6 Å². The highest BCUT2D eigenvalue weighted by atomic mass is 16.5. The summed E-state index contributed by atoms with van der Waals surface area (Å²) in [6, 6.07) is 0.159. The van der Waals surface area contributed by atoms with Crippen molar-refractivity contribution in [1.29, 1.82) is 0 Å². The first-order chi connectivity index (χ1) is 6.16. The standard InChI is InChI=1S/C9H17NO3/c1-7(11)9(12)10-5-3-4-8(10)6-13-2/h7-8,11H,3-6H2,1-2H3/t7-,8+/m1/s1. The molecule has 0 unspecified atom stereocenters. The highest BCUT2D eigenvalue weighted by molar-refractivity contribution is 5.80. The van der Waals surface area contributed by atoms with E-state index in [9.17, 15) is 4.79 Å². The van der Waals surface area contributed by atoms with Gasteiger partial charge in [-0.2, -0.15) is 0 Å². The second kappa shape index (κ2) is 4.58. The summed E-state index contributed by atoms with van der Waals surface area (Å²) in [4.78, 5) is 13.2. The number of amides is 1. The molecule has 1 N–H and O–H groups in total. The third-order valence-electron chi connectivity index (χ3n) is 2.38. The molecule has 4 nitrogen and oxygen atoms in total. The van der Waals surface area contributed by atoms with Crippen molar-refractivity contribution in [2.24, 2.45) is 0 Å². The molecule has 13 heavy (non-hydrogen) atoms. The van der Waals surface area contributed by atoms with E-state index in [1.54, 1.807) is 12.0 Å². The normalized spacial score (nSPS) is 24.8. The number of nitrogens with zero attached hydrogens (tertiary/aromatic N) is 1. The number of ether oxygens (including phenoxy) is 1. The van der Waals surface area contributed by atoms with Gasteiger partial charge >= 0.3 is 0 Å². The fourth-order valence-corrected chi connectivity index (χ4v) is 1.73. The lowest BCUT2D eigenvalue weighted by atomic mass is 10.2. The first-order valence-corrected chi connectivity index (χ1v) is 4.64. The second-order valence-corrected chi connectivity index (χ2v) is 3.46. The molecule has 0 bridgehead atoms.